The third-order valence-electron chi connectivity index (χ3n) is 3.66. The second-order valence-corrected chi connectivity index (χ2v) is 7.51. The minimum atomic E-state index is -3.63. The van der Waals surface area contributed by atoms with Gasteiger partial charge in [-0.1, -0.05) is 18.2 Å². The number of carbonyl (C=O) groups is 1. The van der Waals surface area contributed by atoms with Crippen molar-refractivity contribution in [2.45, 2.75) is 6.92 Å². The Labute approximate surface area is 149 Å². The lowest BCUT2D eigenvalue weighted by Gasteiger charge is -2.24. The number of rotatable bonds is 6. The first-order chi connectivity index (χ1) is 12.1. The van der Waals surface area contributed by atoms with E-state index < -0.39 is 38.9 Å². The van der Waals surface area contributed by atoms with Crippen LogP contribution < -0.4 is 9.62 Å². The molecule has 0 saturated carbocycles. The number of nitrogens with one attached hydrogen (secondary N) is 1. The van der Waals surface area contributed by atoms with Crippen molar-refractivity contribution in [2.75, 3.05) is 23.7 Å². The van der Waals surface area contributed by atoms with E-state index in [0.717, 1.165) is 22.2 Å². The van der Waals surface area contributed by atoms with Crippen molar-refractivity contribution in [1.29, 1.82) is 0 Å². The molecule has 0 saturated heterocycles. The van der Waals surface area contributed by atoms with Crippen LogP contribution in [0, 0.1) is 24.4 Å². The lowest BCUT2D eigenvalue weighted by atomic mass is 10.2. The fraction of sp³-hybridized carbons (Fsp3) is 0.235. The maximum atomic E-state index is 13.6. The number of halogens is 3. The van der Waals surface area contributed by atoms with Crippen molar-refractivity contribution >= 4 is 21.6 Å². The van der Waals surface area contributed by atoms with Gasteiger partial charge in [0.1, 0.15) is 0 Å². The molecule has 5 nitrogen and oxygen atoms in total. The molecule has 0 aliphatic rings. The van der Waals surface area contributed by atoms with Gasteiger partial charge >= 0.3 is 0 Å². The van der Waals surface area contributed by atoms with Gasteiger partial charge in [-0.15, -0.1) is 0 Å². The molecule has 0 bridgehead atoms. The molecule has 0 radical (unpaired) electrons. The highest BCUT2D eigenvalue weighted by Gasteiger charge is 2.21. The standard InChI is InChI=1S/C17H17F3N2O3S/c1-11-5-3-4-6-14(11)22(26(2,24)25)10-9-21-17(23)12-7-8-13(18)16(20)15(12)19/h3-8H,9-10H2,1-2H3,(H,21,23). The summed E-state index contributed by atoms with van der Waals surface area (Å²) in [4.78, 5) is 12.0. The molecule has 140 valence electrons. The van der Waals surface area contributed by atoms with Crippen molar-refractivity contribution in [3.05, 3.63) is 65.0 Å². The summed E-state index contributed by atoms with van der Waals surface area (Å²) in [6, 6.07) is 8.25. The van der Waals surface area contributed by atoms with Gasteiger partial charge in [0.25, 0.3) is 5.91 Å². The van der Waals surface area contributed by atoms with E-state index in [1.807, 2.05) is 0 Å². The number of aryl methyl sites for hydroxylation is 1. The van der Waals surface area contributed by atoms with Crippen LogP contribution in [-0.4, -0.2) is 33.7 Å². The molecule has 1 N–H and O–H groups in total. The highest BCUT2D eigenvalue weighted by Crippen LogP contribution is 2.21. The van der Waals surface area contributed by atoms with E-state index >= 15 is 0 Å². The van der Waals surface area contributed by atoms with Crippen molar-refractivity contribution in [2.24, 2.45) is 0 Å². The molecular weight excluding hydrogens is 369 g/mol. The SMILES string of the molecule is Cc1ccccc1N(CCNC(=O)c1ccc(F)c(F)c1F)S(C)(=O)=O. The monoisotopic (exact) mass is 386 g/mol. The first-order valence-electron chi connectivity index (χ1n) is 7.58. The van der Waals surface area contributed by atoms with Gasteiger partial charge in [-0.25, -0.2) is 21.6 Å². The predicted molar refractivity (Wildman–Crippen MR) is 92.0 cm³/mol. The Hall–Kier alpha value is -2.55. The zero-order chi connectivity index (χ0) is 19.5. The van der Waals surface area contributed by atoms with E-state index in [1.165, 1.54) is 0 Å². The highest BCUT2D eigenvalue weighted by atomic mass is 32.2. The number of sulfonamides is 1. The highest BCUT2D eigenvalue weighted by molar-refractivity contribution is 7.92. The molecule has 0 aromatic heterocycles. The molecule has 1 amide bonds. The Balaban J connectivity index is 2.13. The Bertz CT molecular complexity index is 933. The van der Waals surface area contributed by atoms with Crippen LogP contribution in [0.3, 0.4) is 0 Å². The summed E-state index contributed by atoms with van der Waals surface area (Å²) >= 11 is 0. The number of benzene rings is 2. The Morgan fingerprint density at radius 2 is 1.73 bits per heavy atom. The largest absolute Gasteiger partial charge is 0.350 e. The van der Waals surface area contributed by atoms with E-state index in [4.69, 9.17) is 0 Å². The van der Waals surface area contributed by atoms with Crippen LogP contribution in [0.4, 0.5) is 18.9 Å². The van der Waals surface area contributed by atoms with Gasteiger partial charge in [0.2, 0.25) is 10.0 Å². The molecule has 26 heavy (non-hydrogen) atoms. The fourth-order valence-electron chi connectivity index (χ4n) is 2.38. The summed E-state index contributed by atoms with van der Waals surface area (Å²) in [7, 11) is -3.63. The molecule has 0 spiro atoms. The van der Waals surface area contributed by atoms with Gasteiger partial charge in [0, 0.05) is 6.54 Å². The Morgan fingerprint density at radius 1 is 1.08 bits per heavy atom. The lowest BCUT2D eigenvalue weighted by Crippen LogP contribution is -2.38. The maximum absolute atomic E-state index is 13.6. The Kier molecular flexibility index (Phi) is 5.91. The summed E-state index contributed by atoms with van der Waals surface area (Å²) in [5.41, 5.74) is 0.504. The number of hydrogen-bond donors (Lipinski definition) is 1. The first kappa shape index (κ1) is 19.8. The number of anilines is 1. The fourth-order valence-corrected chi connectivity index (χ4v) is 3.36. The zero-order valence-electron chi connectivity index (χ0n) is 14.1. The normalized spacial score (nSPS) is 11.3. The number of hydrogen-bond acceptors (Lipinski definition) is 3. The predicted octanol–water partition coefficient (Wildman–Crippen LogP) is 2.61. The average molecular weight is 386 g/mol. The van der Waals surface area contributed by atoms with Crippen LogP contribution in [0.15, 0.2) is 36.4 Å². The maximum Gasteiger partial charge on any atom is 0.254 e. The van der Waals surface area contributed by atoms with Crippen LogP contribution in [0.2, 0.25) is 0 Å². The molecular formula is C17H17F3N2O3S. The van der Waals surface area contributed by atoms with Crippen LogP contribution >= 0.6 is 0 Å². The summed E-state index contributed by atoms with van der Waals surface area (Å²) < 4.78 is 64.9. The molecule has 9 heteroatoms. The quantitative estimate of drug-likeness (QED) is 0.776. The summed E-state index contributed by atoms with van der Waals surface area (Å²) in [6.07, 6.45) is 1.02. The van der Waals surface area contributed by atoms with Crippen LogP contribution in [-0.2, 0) is 10.0 Å². The molecule has 0 heterocycles. The number of para-hydroxylation sites is 1. The summed E-state index contributed by atoms with van der Waals surface area (Å²) in [6.45, 7) is 1.47. The third-order valence-corrected chi connectivity index (χ3v) is 4.84. The molecule has 2 aromatic carbocycles. The van der Waals surface area contributed by atoms with E-state index in [0.29, 0.717) is 11.8 Å². The summed E-state index contributed by atoms with van der Waals surface area (Å²) in [5.74, 6) is -5.71. The third kappa shape index (κ3) is 4.34. The molecule has 0 unspecified atom stereocenters. The van der Waals surface area contributed by atoms with Crippen LogP contribution in [0.25, 0.3) is 0 Å². The van der Waals surface area contributed by atoms with Crippen LogP contribution in [0.1, 0.15) is 15.9 Å². The van der Waals surface area contributed by atoms with E-state index in [2.05, 4.69) is 5.32 Å². The second-order valence-electron chi connectivity index (χ2n) is 5.60. The smallest absolute Gasteiger partial charge is 0.254 e. The molecule has 2 aromatic rings. The van der Waals surface area contributed by atoms with E-state index in [1.54, 1.807) is 31.2 Å². The topological polar surface area (TPSA) is 66.5 Å². The van der Waals surface area contributed by atoms with Gasteiger partial charge in [-0.3, -0.25) is 9.10 Å². The Morgan fingerprint density at radius 3 is 2.35 bits per heavy atom. The molecule has 2 rings (SSSR count). The summed E-state index contributed by atoms with van der Waals surface area (Å²) in [5, 5.41) is 2.30. The number of amides is 1. The van der Waals surface area contributed by atoms with Crippen molar-refractivity contribution in [3.63, 3.8) is 0 Å². The minimum absolute atomic E-state index is 0.110. The first-order valence-corrected chi connectivity index (χ1v) is 9.42. The zero-order valence-corrected chi connectivity index (χ0v) is 14.9. The molecule has 0 atom stereocenters. The minimum Gasteiger partial charge on any atom is -0.350 e. The van der Waals surface area contributed by atoms with Gasteiger partial charge in [-0.2, -0.15) is 0 Å². The average Bonchev–Trinajstić information content (AvgIpc) is 2.56. The van der Waals surface area contributed by atoms with E-state index in [9.17, 15) is 26.4 Å². The second kappa shape index (κ2) is 7.77. The number of carbonyl (C=O) groups excluding carboxylic acids is 1. The van der Waals surface area contributed by atoms with E-state index in [-0.39, 0.29) is 13.1 Å². The van der Waals surface area contributed by atoms with Gasteiger partial charge < -0.3 is 5.32 Å². The van der Waals surface area contributed by atoms with Gasteiger partial charge in [0.15, 0.2) is 17.5 Å². The van der Waals surface area contributed by atoms with Gasteiger partial charge in [0.05, 0.1) is 24.1 Å². The van der Waals surface area contributed by atoms with Crippen molar-refractivity contribution < 1.29 is 26.4 Å². The molecule has 0 fully saturated rings. The molecule has 0 aliphatic heterocycles. The molecule has 0 aliphatic carbocycles. The van der Waals surface area contributed by atoms with Crippen LogP contribution in [0.5, 0.6) is 0 Å². The lowest BCUT2D eigenvalue weighted by molar-refractivity contribution is 0.0949. The van der Waals surface area contributed by atoms with Gasteiger partial charge in [-0.05, 0) is 30.7 Å². The van der Waals surface area contributed by atoms with Crippen molar-refractivity contribution in [3.8, 4) is 0 Å². The number of nitrogens with zero attached hydrogens (tertiary/aromatic N) is 1. The van der Waals surface area contributed by atoms with Crippen molar-refractivity contribution in [1.82, 2.24) is 5.32 Å².